The molecule has 1 aliphatic rings. The minimum atomic E-state index is 0.596. The lowest BCUT2D eigenvalue weighted by atomic mass is 10.2. The number of rotatable bonds is 2. The van der Waals surface area contributed by atoms with Crippen molar-refractivity contribution in [2.24, 2.45) is 5.73 Å². The van der Waals surface area contributed by atoms with E-state index in [1.807, 2.05) is 6.92 Å². The van der Waals surface area contributed by atoms with E-state index in [0.29, 0.717) is 12.6 Å². The molecule has 1 aliphatic heterocycles. The molecule has 0 spiro atoms. The van der Waals surface area contributed by atoms with Crippen LogP contribution in [-0.4, -0.2) is 17.6 Å². The summed E-state index contributed by atoms with van der Waals surface area (Å²) in [5.74, 6) is 1.10. The molecule has 15 heavy (non-hydrogen) atoms. The van der Waals surface area contributed by atoms with Crippen LogP contribution in [0.5, 0.6) is 0 Å². The number of aryl methyl sites for hydroxylation is 1. The summed E-state index contributed by atoms with van der Waals surface area (Å²) in [6.45, 7) is 6.02. The molecule has 3 nitrogen and oxygen atoms in total. The first-order chi connectivity index (χ1) is 7.20. The summed E-state index contributed by atoms with van der Waals surface area (Å²) < 4.78 is 0. The van der Waals surface area contributed by atoms with E-state index in [9.17, 15) is 0 Å². The van der Waals surface area contributed by atoms with E-state index in [1.54, 1.807) is 0 Å². The second-order valence-electron chi connectivity index (χ2n) is 4.36. The summed E-state index contributed by atoms with van der Waals surface area (Å²) in [5.41, 5.74) is 7.91. The summed E-state index contributed by atoms with van der Waals surface area (Å²) in [5, 5.41) is 0. The molecule has 1 saturated heterocycles. The molecule has 0 bridgehead atoms. The van der Waals surface area contributed by atoms with E-state index in [4.69, 9.17) is 5.73 Å². The van der Waals surface area contributed by atoms with Gasteiger partial charge in [0.1, 0.15) is 5.82 Å². The molecule has 3 heteroatoms. The predicted octanol–water partition coefficient (Wildman–Crippen LogP) is 1.84. The van der Waals surface area contributed by atoms with Gasteiger partial charge >= 0.3 is 0 Å². The second-order valence-corrected chi connectivity index (χ2v) is 4.36. The second kappa shape index (κ2) is 4.19. The van der Waals surface area contributed by atoms with Gasteiger partial charge in [0, 0.05) is 24.8 Å². The van der Waals surface area contributed by atoms with Crippen molar-refractivity contribution in [3.8, 4) is 0 Å². The fourth-order valence-electron chi connectivity index (χ4n) is 2.26. The van der Waals surface area contributed by atoms with Gasteiger partial charge in [-0.3, -0.25) is 0 Å². The Morgan fingerprint density at radius 3 is 2.93 bits per heavy atom. The van der Waals surface area contributed by atoms with E-state index >= 15 is 0 Å². The van der Waals surface area contributed by atoms with Crippen LogP contribution in [0.1, 0.15) is 31.0 Å². The number of hydrogen-bond acceptors (Lipinski definition) is 3. The molecule has 0 amide bonds. The van der Waals surface area contributed by atoms with Crippen molar-refractivity contribution in [2.45, 2.75) is 39.3 Å². The third-order valence-electron chi connectivity index (χ3n) is 3.08. The first-order valence-electron chi connectivity index (χ1n) is 5.65. The molecule has 0 aromatic carbocycles. The van der Waals surface area contributed by atoms with Crippen LogP contribution < -0.4 is 10.6 Å². The number of nitrogens with zero attached hydrogens (tertiary/aromatic N) is 2. The van der Waals surface area contributed by atoms with Crippen LogP contribution in [-0.2, 0) is 6.54 Å². The number of pyridine rings is 1. The number of hydrogen-bond donors (Lipinski definition) is 1. The lowest BCUT2D eigenvalue weighted by Crippen LogP contribution is -2.27. The van der Waals surface area contributed by atoms with Crippen LogP contribution in [0.25, 0.3) is 0 Å². The van der Waals surface area contributed by atoms with Crippen molar-refractivity contribution < 1.29 is 0 Å². The number of anilines is 1. The highest BCUT2D eigenvalue weighted by Crippen LogP contribution is 2.24. The molecule has 2 N–H and O–H groups in total. The van der Waals surface area contributed by atoms with E-state index in [1.165, 1.54) is 18.4 Å². The van der Waals surface area contributed by atoms with Crippen molar-refractivity contribution in [3.63, 3.8) is 0 Å². The van der Waals surface area contributed by atoms with Gasteiger partial charge < -0.3 is 10.6 Å². The minimum Gasteiger partial charge on any atom is -0.354 e. The summed E-state index contributed by atoms with van der Waals surface area (Å²) in [7, 11) is 0. The maximum Gasteiger partial charge on any atom is 0.129 e. The Balaban J connectivity index is 2.30. The van der Waals surface area contributed by atoms with Gasteiger partial charge in [-0.1, -0.05) is 0 Å². The van der Waals surface area contributed by atoms with Crippen LogP contribution in [0, 0.1) is 6.92 Å². The molecular weight excluding hydrogens is 186 g/mol. The van der Waals surface area contributed by atoms with Gasteiger partial charge in [0.15, 0.2) is 0 Å². The first-order valence-corrected chi connectivity index (χ1v) is 5.65. The monoisotopic (exact) mass is 205 g/mol. The summed E-state index contributed by atoms with van der Waals surface area (Å²) in [6.07, 6.45) is 2.54. The molecule has 0 aliphatic carbocycles. The molecule has 0 radical (unpaired) electrons. The van der Waals surface area contributed by atoms with Crippen LogP contribution >= 0.6 is 0 Å². The Hall–Kier alpha value is -1.09. The van der Waals surface area contributed by atoms with Crippen LogP contribution in [0.3, 0.4) is 0 Å². The van der Waals surface area contributed by atoms with Crippen molar-refractivity contribution >= 4 is 5.82 Å². The molecule has 1 unspecified atom stereocenters. The van der Waals surface area contributed by atoms with Crippen molar-refractivity contribution in [2.75, 3.05) is 11.4 Å². The predicted molar refractivity (Wildman–Crippen MR) is 62.9 cm³/mol. The zero-order chi connectivity index (χ0) is 10.8. The van der Waals surface area contributed by atoms with E-state index in [2.05, 4.69) is 28.9 Å². The maximum absolute atomic E-state index is 5.67. The van der Waals surface area contributed by atoms with Crippen molar-refractivity contribution in [3.05, 3.63) is 23.4 Å². The lowest BCUT2D eigenvalue weighted by Gasteiger charge is -2.23. The normalized spacial score (nSPS) is 21.0. The molecule has 2 rings (SSSR count). The highest BCUT2D eigenvalue weighted by atomic mass is 15.2. The fraction of sp³-hybridized carbons (Fsp3) is 0.583. The number of aromatic nitrogens is 1. The topological polar surface area (TPSA) is 42.1 Å². The van der Waals surface area contributed by atoms with E-state index in [0.717, 1.165) is 18.1 Å². The largest absolute Gasteiger partial charge is 0.354 e. The van der Waals surface area contributed by atoms with Gasteiger partial charge in [0.05, 0.1) is 0 Å². The summed E-state index contributed by atoms with van der Waals surface area (Å²) in [4.78, 5) is 6.97. The third kappa shape index (κ3) is 2.12. The Bertz CT molecular complexity index is 349. The van der Waals surface area contributed by atoms with Crippen LogP contribution in [0.4, 0.5) is 5.82 Å². The fourth-order valence-corrected chi connectivity index (χ4v) is 2.26. The van der Waals surface area contributed by atoms with Gasteiger partial charge in [-0.05, 0) is 44.4 Å². The molecule has 1 aromatic rings. The van der Waals surface area contributed by atoms with E-state index in [-0.39, 0.29) is 0 Å². The molecule has 0 saturated carbocycles. The van der Waals surface area contributed by atoms with Gasteiger partial charge in [-0.15, -0.1) is 0 Å². The number of nitrogens with two attached hydrogens (primary N) is 1. The first kappa shape index (κ1) is 10.4. The maximum atomic E-state index is 5.67. The van der Waals surface area contributed by atoms with Crippen LogP contribution in [0.2, 0.25) is 0 Å². The molecular formula is C12H19N3. The molecule has 1 fully saturated rings. The SMILES string of the molecule is Cc1cc(CN)cc(N2CCCC2C)n1. The summed E-state index contributed by atoms with van der Waals surface area (Å²) >= 11 is 0. The zero-order valence-corrected chi connectivity index (χ0v) is 9.53. The Morgan fingerprint density at radius 2 is 2.33 bits per heavy atom. The molecule has 82 valence electrons. The smallest absolute Gasteiger partial charge is 0.129 e. The van der Waals surface area contributed by atoms with Gasteiger partial charge in [-0.25, -0.2) is 4.98 Å². The van der Waals surface area contributed by atoms with Gasteiger partial charge in [-0.2, -0.15) is 0 Å². The van der Waals surface area contributed by atoms with Crippen LogP contribution in [0.15, 0.2) is 12.1 Å². The van der Waals surface area contributed by atoms with Crippen molar-refractivity contribution in [1.82, 2.24) is 4.98 Å². The van der Waals surface area contributed by atoms with Gasteiger partial charge in [0.2, 0.25) is 0 Å². The van der Waals surface area contributed by atoms with E-state index < -0.39 is 0 Å². The zero-order valence-electron chi connectivity index (χ0n) is 9.53. The third-order valence-corrected chi connectivity index (χ3v) is 3.08. The highest BCUT2D eigenvalue weighted by Gasteiger charge is 2.21. The molecule has 1 aromatic heterocycles. The lowest BCUT2D eigenvalue weighted by molar-refractivity contribution is 0.725. The molecule has 1 atom stereocenters. The Labute approximate surface area is 91.3 Å². The van der Waals surface area contributed by atoms with Crippen molar-refractivity contribution in [1.29, 1.82) is 0 Å². The minimum absolute atomic E-state index is 0.596. The highest BCUT2D eigenvalue weighted by molar-refractivity contribution is 5.44. The average molecular weight is 205 g/mol. The standard InChI is InChI=1S/C12H19N3/c1-9-6-11(8-13)7-12(14-9)15-5-3-4-10(15)2/h6-7,10H,3-5,8,13H2,1-2H3. The Morgan fingerprint density at radius 1 is 1.53 bits per heavy atom. The Kier molecular flexibility index (Phi) is 2.91. The quantitative estimate of drug-likeness (QED) is 0.801. The van der Waals surface area contributed by atoms with Gasteiger partial charge in [0.25, 0.3) is 0 Å². The molecule has 2 heterocycles. The average Bonchev–Trinajstić information content (AvgIpc) is 2.63. The summed E-state index contributed by atoms with van der Waals surface area (Å²) in [6, 6.07) is 4.80.